The fourth-order valence-corrected chi connectivity index (χ4v) is 5.24. The second kappa shape index (κ2) is 10.9. The second-order valence-electron chi connectivity index (χ2n) is 9.05. The van der Waals surface area contributed by atoms with Gasteiger partial charge in [-0.2, -0.15) is 0 Å². The van der Waals surface area contributed by atoms with E-state index in [0.717, 1.165) is 36.3 Å². The van der Waals surface area contributed by atoms with E-state index in [1.54, 1.807) is 24.3 Å². The van der Waals surface area contributed by atoms with Crippen molar-refractivity contribution >= 4 is 40.7 Å². The lowest BCUT2D eigenvalue weighted by Crippen LogP contribution is -2.38. The predicted octanol–water partition coefficient (Wildman–Crippen LogP) is 5.71. The highest BCUT2D eigenvalue weighted by atomic mass is 35.5. The zero-order valence-corrected chi connectivity index (χ0v) is 21.2. The summed E-state index contributed by atoms with van der Waals surface area (Å²) in [6.45, 7) is 1.75. The number of benzene rings is 3. The van der Waals surface area contributed by atoms with Crippen LogP contribution < -0.4 is 10.6 Å². The van der Waals surface area contributed by atoms with Crippen molar-refractivity contribution in [2.24, 2.45) is 0 Å². The average molecular weight is 524 g/mol. The first-order valence-corrected chi connectivity index (χ1v) is 12.9. The summed E-state index contributed by atoms with van der Waals surface area (Å²) in [6, 6.07) is 20.3. The first-order chi connectivity index (χ1) is 17.5. The summed E-state index contributed by atoms with van der Waals surface area (Å²) >= 11 is 12.2. The van der Waals surface area contributed by atoms with Gasteiger partial charge in [0.2, 0.25) is 0 Å². The molecule has 2 heterocycles. The Morgan fingerprint density at radius 3 is 2.61 bits per heavy atom. The smallest absolute Gasteiger partial charge is 0.256 e. The number of halogens is 2. The third kappa shape index (κ3) is 5.36. The molecule has 1 fully saturated rings. The number of ether oxygens (including phenoxy) is 1. The lowest BCUT2D eigenvalue weighted by molar-refractivity contribution is 0.0489. The Bertz CT molecular complexity index is 1260. The van der Waals surface area contributed by atoms with Crippen LogP contribution in [0.5, 0.6) is 0 Å². The van der Waals surface area contributed by atoms with Crippen LogP contribution in [0, 0.1) is 0 Å². The fourth-order valence-electron chi connectivity index (χ4n) is 4.73. The zero-order valence-electron chi connectivity index (χ0n) is 19.7. The van der Waals surface area contributed by atoms with Gasteiger partial charge < -0.3 is 20.3 Å². The third-order valence-corrected chi connectivity index (χ3v) is 7.22. The van der Waals surface area contributed by atoms with E-state index in [0.29, 0.717) is 40.7 Å². The Hall–Kier alpha value is -3.06. The minimum Gasteiger partial charge on any atom is -0.376 e. The van der Waals surface area contributed by atoms with Crippen molar-refractivity contribution in [2.45, 2.75) is 31.5 Å². The van der Waals surface area contributed by atoms with Crippen molar-refractivity contribution in [3.05, 3.63) is 99.0 Å². The van der Waals surface area contributed by atoms with Crippen molar-refractivity contribution in [1.82, 2.24) is 10.2 Å². The maximum Gasteiger partial charge on any atom is 0.256 e. The van der Waals surface area contributed by atoms with Crippen molar-refractivity contribution in [2.75, 3.05) is 25.0 Å². The molecule has 2 aliphatic rings. The van der Waals surface area contributed by atoms with Gasteiger partial charge in [-0.25, -0.2) is 0 Å². The van der Waals surface area contributed by atoms with E-state index in [2.05, 4.69) is 10.6 Å². The SMILES string of the molecule is O=C(NCCc1ccc(Cl)cc1Cl)c1ccc(NC2c3ccccc3C(=O)N2CC2CCCO2)cc1. The lowest BCUT2D eigenvalue weighted by atomic mass is 10.1. The van der Waals surface area contributed by atoms with Crippen LogP contribution in [0.2, 0.25) is 10.0 Å². The quantitative estimate of drug-likeness (QED) is 0.396. The highest BCUT2D eigenvalue weighted by Crippen LogP contribution is 2.35. The highest BCUT2D eigenvalue weighted by molar-refractivity contribution is 6.35. The molecule has 8 heteroatoms. The largest absolute Gasteiger partial charge is 0.376 e. The molecule has 1 saturated heterocycles. The van der Waals surface area contributed by atoms with E-state index in [9.17, 15) is 9.59 Å². The van der Waals surface area contributed by atoms with Gasteiger partial charge in [0.05, 0.1) is 6.10 Å². The molecule has 3 aromatic carbocycles. The molecule has 2 atom stereocenters. The number of nitrogens with one attached hydrogen (secondary N) is 2. The minimum atomic E-state index is -0.290. The Labute approximate surface area is 220 Å². The van der Waals surface area contributed by atoms with E-state index in [-0.39, 0.29) is 24.1 Å². The summed E-state index contributed by atoms with van der Waals surface area (Å²) in [7, 11) is 0. The summed E-state index contributed by atoms with van der Waals surface area (Å²) in [5.74, 6) is -0.150. The molecular weight excluding hydrogens is 497 g/mol. The number of fused-ring (bicyclic) bond motifs is 1. The number of amides is 2. The Morgan fingerprint density at radius 2 is 1.86 bits per heavy atom. The molecule has 0 bridgehead atoms. The molecule has 186 valence electrons. The number of hydrogen-bond donors (Lipinski definition) is 2. The molecular formula is C28H27Cl2N3O3. The summed E-state index contributed by atoms with van der Waals surface area (Å²) in [6.07, 6.45) is 2.36. The van der Waals surface area contributed by atoms with Crippen molar-refractivity contribution in [1.29, 1.82) is 0 Å². The standard InChI is InChI=1S/C28H27Cl2N3O3/c29-20-10-7-18(25(30)16-20)13-14-31-27(34)19-8-11-21(12-9-19)32-26-23-5-1-2-6-24(23)28(35)33(26)17-22-4-3-15-36-22/h1-2,5-12,16,22,26,32H,3-4,13-15,17H2,(H,31,34). The number of nitrogens with zero attached hydrogens (tertiary/aromatic N) is 1. The van der Waals surface area contributed by atoms with Crippen LogP contribution in [0.25, 0.3) is 0 Å². The topological polar surface area (TPSA) is 70.7 Å². The van der Waals surface area contributed by atoms with Gasteiger partial charge in [-0.15, -0.1) is 0 Å². The van der Waals surface area contributed by atoms with Crippen molar-refractivity contribution in [3.8, 4) is 0 Å². The van der Waals surface area contributed by atoms with Crippen LogP contribution in [0.15, 0.2) is 66.7 Å². The van der Waals surface area contributed by atoms with Gasteiger partial charge in [0.15, 0.2) is 0 Å². The molecule has 2 aliphatic heterocycles. The molecule has 36 heavy (non-hydrogen) atoms. The van der Waals surface area contributed by atoms with Gasteiger partial charge >= 0.3 is 0 Å². The molecule has 5 rings (SSSR count). The first-order valence-electron chi connectivity index (χ1n) is 12.1. The zero-order chi connectivity index (χ0) is 25.1. The maximum atomic E-state index is 13.1. The molecule has 0 radical (unpaired) electrons. The number of anilines is 1. The predicted molar refractivity (Wildman–Crippen MR) is 142 cm³/mol. The van der Waals surface area contributed by atoms with Gasteiger partial charge in [-0.3, -0.25) is 9.59 Å². The Balaban J connectivity index is 1.23. The van der Waals surface area contributed by atoms with Crippen LogP contribution in [-0.4, -0.2) is 42.5 Å². The van der Waals surface area contributed by atoms with Gasteiger partial charge in [0.1, 0.15) is 6.17 Å². The Kier molecular flexibility index (Phi) is 7.46. The summed E-state index contributed by atoms with van der Waals surface area (Å²) < 4.78 is 5.80. The van der Waals surface area contributed by atoms with Gasteiger partial charge in [0.25, 0.3) is 11.8 Å². The van der Waals surface area contributed by atoms with Gasteiger partial charge in [-0.05, 0) is 67.3 Å². The molecule has 0 aromatic heterocycles. The van der Waals surface area contributed by atoms with Crippen LogP contribution in [0.1, 0.15) is 50.9 Å². The van der Waals surface area contributed by atoms with Crippen molar-refractivity contribution in [3.63, 3.8) is 0 Å². The number of rotatable bonds is 8. The monoisotopic (exact) mass is 523 g/mol. The Morgan fingerprint density at radius 1 is 1.06 bits per heavy atom. The molecule has 2 unspecified atom stereocenters. The minimum absolute atomic E-state index is 0.00962. The van der Waals surface area contributed by atoms with Crippen LogP contribution in [0.4, 0.5) is 5.69 Å². The number of carbonyl (C=O) groups excluding carboxylic acids is 2. The molecule has 0 aliphatic carbocycles. The second-order valence-corrected chi connectivity index (χ2v) is 9.89. The number of hydrogen-bond acceptors (Lipinski definition) is 4. The van der Waals surface area contributed by atoms with Crippen molar-refractivity contribution < 1.29 is 14.3 Å². The lowest BCUT2D eigenvalue weighted by Gasteiger charge is -2.29. The van der Waals surface area contributed by atoms with E-state index in [4.69, 9.17) is 27.9 Å². The summed E-state index contributed by atoms with van der Waals surface area (Å²) in [5, 5.41) is 7.59. The summed E-state index contributed by atoms with van der Waals surface area (Å²) in [4.78, 5) is 27.6. The molecule has 6 nitrogen and oxygen atoms in total. The van der Waals surface area contributed by atoms with Crippen LogP contribution >= 0.6 is 23.2 Å². The molecule has 2 amide bonds. The number of carbonyl (C=O) groups is 2. The molecule has 0 spiro atoms. The fraction of sp³-hybridized carbons (Fsp3) is 0.286. The molecule has 0 saturated carbocycles. The summed E-state index contributed by atoms with van der Waals surface area (Å²) in [5.41, 5.74) is 3.97. The van der Waals surface area contributed by atoms with E-state index < -0.39 is 0 Å². The molecule has 2 N–H and O–H groups in total. The van der Waals surface area contributed by atoms with E-state index >= 15 is 0 Å². The third-order valence-electron chi connectivity index (χ3n) is 6.63. The maximum absolute atomic E-state index is 13.1. The van der Waals surface area contributed by atoms with E-state index in [1.807, 2.05) is 47.4 Å². The molecule has 3 aromatic rings. The first kappa shape index (κ1) is 24.6. The van der Waals surface area contributed by atoms with Gasteiger partial charge in [-0.1, -0.05) is 47.5 Å². The van der Waals surface area contributed by atoms with E-state index in [1.165, 1.54) is 0 Å². The van der Waals surface area contributed by atoms with Gasteiger partial charge in [0, 0.05) is 52.1 Å². The highest BCUT2D eigenvalue weighted by Gasteiger charge is 2.38. The normalized spacial score (nSPS) is 18.8. The van der Waals surface area contributed by atoms with Crippen LogP contribution in [-0.2, 0) is 11.2 Å². The average Bonchev–Trinajstić information content (AvgIpc) is 3.49. The van der Waals surface area contributed by atoms with Crippen LogP contribution in [0.3, 0.4) is 0 Å².